The minimum atomic E-state index is -0.0764. The Morgan fingerprint density at radius 1 is 1.56 bits per heavy atom. The van der Waals surface area contributed by atoms with E-state index in [1.165, 1.54) is 11.8 Å². The summed E-state index contributed by atoms with van der Waals surface area (Å²) in [7, 11) is 1.68. The van der Waals surface area contributed by atoms with E-state index in [1.807, 2.05) is 0 Å². The van der Waals surface area contributed by atoms with E-state index in [0.29, 0.717) is 21.1 Å². The van der Waals surface area contributed by atoms with Gasteiger partial charge >= 0.3 is 0 Å². The molecular weight excluding hydrogens is 320 g/mol. The van der Waals surface area contributed by atoms with Crippen molar-refractivity contribution in [2.45, 2.75) is 6.92 Å². The molecule has 0 saturated heterocycles. The highest BCUT2D eigenvalue weighted by molar-refractivity contribution is 9.10. The number of halogens is 2. The van der Waals surface area contributed by atoms with E-state index in [9.17, 15) is 4.79 Å². The smallest absolute Gasteiger partial charge is 0.223 e. The molecule has 2 heterocycles. The number of hydrogen-bond donors (Lipinski definition) is 0. The van der Waals surface area contributed by atoms with Crippen LogP contribution in [0.2, 0.25) is 5.15 Å². The minimum Gasteiger partial charge on any atom is -0.312 e. The average molecular weight is 330 g/mol. The van der Waals surface area contributed by atoms with Gasteiger partial charge in [0, 0.05) is 20.2 Å². The minimum absolute atomic E-state index is 0.0764. The van der Waals surface area contributed by atoms with Crippen molar-refractivity contribution in [1.82, 2.24) is 14.8 Å². The van der Waals surface area contributed by atoms with E-state index in [0.717, 1.165) is 0 Å². The molecule has 1 amide bonds. The van der Waals surface area contributed by atoms with Crippen molar-refractivity contribution in [2.75, 3.05) is 11.9 Å². The first-order valence-corrected chi connectivity index (χ1v) is 6.28. The van der Waals surface area contributed by atoms with Gasteiger partial charge in [-0.15, -0.1) is 0 Å². The van der Waals surface area contributed by atoms with Crippen molar-refractivity contribution < 1.29 is 4.79 Å². The highest BCUT2D eigenvalue weighted by Gasteiger charge is 2.15. The molecule has 7 heteroatoms. The number of aromatic nitrogens is 3. The van der Waals surface area contributed by atoms with Crippen LogP contribution in [0.15, 0.2) is 29.1 Å². The molecule has 0 atom stereocenters. The number of pyridine rings is 1. The highest BCUT2D eigenvalue weighted by atomic mass is 79.9. The second-order valence-corrected chi connectivity index (χ2v) is 4.75. The van der Waals surface area contributed by atoms with Gasteiger partial charge in [0.25, 0.3) is 0 Å². The summed E-state index contributed by atoms with van der Waals surface area (Å²) in [5.41, 5.74) is 1.32. The fraction of sp³-hybridized carbons (Fsp3) is 0.182. The molecule has 94 valence electrons. The first-order chi connectivity index (χ1) is 8.50. The zero-order chi connectivity index (χ0) is 13.3. The predicted molar refractivity (Wildman–Crippen MR) is 73.2 cm³/mol. The summed E-state index contributed by atoms with van der Waals surface area (Å²) in [6.45, 7) is 1.49. The molecule has 0 radical (unpaired) electrons. The summed E-state index contributed by atoms with van der Waals surface area (Å²) in [5, 5.41) is 4.61. The number of carbonyl (C=O) groups is 1. The lowest BCUT2D eigenvalue weighted by molar-refractivity contribution is -0.116. The SMILES string of the molecule is CC(=O)N(C)c1cn(-c2cccnc2Cl)nc1Br. The van der Waals surface area contributed by atoms with E-state index in [-0.39, 0.29) is 5.91 Å². The first-order valence-electron chi connectivity index (χ1n) is 5.11. The van der Waals surface area contributed by atoms with E-state index < -0.39 is 0 Å². The van der Waals surface area contributed by atoms with E-state index >= 15 is 0 Å². The lowest BCUT2D eigenvalue weighted by atomic mass is 10.4. The second kappa shape index (κ2) is 5.07. The molecule has 2 rings (SSSR count). The summed E-state index contributed by atoms with van der Waals surface area (Å²) in [6, 6.07) is 3.57. The third-order valence-corrected chi connectivity index (χ3v) is 3.33. The Morgan fingerprint density at radius 3 is 2.89 bits per heavy atom. The Morgan fingerprint density at radius 2 is 2.28 bits per heavy atom. The molecule has 0 aliphatic heterocycles. The molecule has 0 aromatic carbocycles. The largest absolute Gasteiger partial charge is 0.312 e. The van der Waals surface area contributed by atoms with Crippen LogP contribution >= 0.6 is 27.5 Å². The van der Waals surface area contributed by atoms with Crippen LogP contribution in [0.5, 0.6) is 0 Å². The Hall–Kier alpha value is -1.40. The number of rotatable bonds is 2. The van der Waals surface area contributed by atoms with Crippen molar-refractivity contribution >= 4 is 39.1 Å². The third-order valence-electron chi connectivity index (χ3n) is 2.47. The van der Waals surface area contributed by atoms with Gasteiger partial charge in [0.2, 0.25) is 5.91 Å². The number of anilines is 1. The van der Waals surface area contributed by atoms with Crippen molar-refractivity contribution in [3.05, 3.63) is 34.3 Å². The molecule has 0 unspecified atom stereocenters. The standard InChI is InChI=1S/C11H10BrClN4O/c1-7(18)16(2)9-6-17(15-10(9)12)8-4-3-5-14-11(8)13/h3-6H,1-2H3. The van der Waals surface area contributed by atoms with Crippen LogP contribution in [-0.4, -0.2) is 27.7 Å². The van der Waals surface area contributed by atoms with Gasteiger partial charge in [0.1, 0.15) is 5.69 Å². The summed E-state index contributed by atoms with van der Waals surface area (Å²) in [5.74, 6) is -0.0764. The quantitative estimate of drug-likeness (QED) is 0.796. The molecule has 0 spiro atoms. The Kier molecular flexibility index (Phi) is 3.68. The fourth-order valence-electron chi connectivity index (χ4n) is 1.41. The molecule has 0 bridgehead atoms. The van der Waals surface area contributed by atoms with Crippen LogP contribution in [0.1, 0.15) is 6.92 Å². The molecule has 0 fully saturated rings. The lowest BCUT2D eigenvalue weighted by Crippen LogP contribution is -2.22. The fourth-order valence-corrected chi connectivity index (χ4v) is 2.16. The maximum atomic E-state index is 11.3. The highest BCUT2D eigenvalue weighted by Crippen LogP contribution is 2.27. The Balaban J connectivity index is 2.47. The average Bonchev–Trinajstić information content (AvgIpc) is 2.70. The molecule has 2 aromatic heterocycles. The zero-order valence-corrected chi connectivity index (χ0v) is 12.1. The maximum absolute atomic E-state index is 11.3. The van der Waals surface area contributed by atoms with Gasteiger partial charge in [0.05, 0.1) is 11.9 Å². The predicted octanol–water partition coefficient (Wildman–Crippen LogP) is 2.67. The lowest BCUT2D eigenvalue weighted by Gasteiger charge is -2.11. The van der Waals surface area contributed by atoms with Gasteiger partial charge in [-0.3, -0.25) is 4.79 Å². The Bertz CT molecular complexity index is 598. The van der Waals surface area contributed by atoms with E-state index in [1.54, 1.807) is 36.3 Å². The monoisotopic (exact) mass is 328 g/mol. The van der Waals surface area contributed by atoms with Crippen LogP contribution in [0.3, 0.4) is 0 Å². The second-order valence-electron chi connectivity index (χ2n) is 3.64. The summed E-state index contributed by atoms with van der Waals surface area (Å²) in [6.07, 6.45) is 3.32. The van der Waals surface area contributed by atoms with Gasteiger partial charge in [-0.25, -0.2) is 9.67 Å². The molecule has 0 saturated carbocycles. The van der Waals surface area contributed by atoms with Crippen molar-refractivity contribution in [1.29, 1.82) is 0 Å². The van der Waals surface area contributed by atoms with Gasteiger partial charge in [-0.2, -0.15) is 5.10 Å². The number of nitrogens with zero attached hydrogens (tertiary/aromatic N) is 4. The third kappa shape index (κ3) is 2.39. The number of hydrogen-bond acceptors (Lipinski definition) is 3. The zero-order valence-electron chi connectivity index (χ0n) is 9.76. The number of amides is 1. The molecule has 0 N–H and O–H groups in total. The number of carbonyl (C=O) groups excluding carboxylic acids is 1. The van der Waals surface area contributed by atoms with Crippen molar-refractivity contribution in [3.63, 3.8) is 0 Å². The van der Waals surface area contributed by atoms with Crippen molar-refractivity contribution in [2.24, 2.45) is 0 Å². The maximum Gasteiger partial charge on any atom is 0.223 e. The van der Waals surface area contributed by atoms with Gasteiger partial charge in [-0.1, -0.05) is 11.6 Å². The van der Waals surface area contributed by atoms with Crippen LogP contribution in [-0.2, 0) is 4.79 Å². The van der Waals surface area contributed by atoms with Crippen LogP contribution in [0.25, 0.3) is 5.69 Å². The van der Waals surface area contributed by atoms with Crippen LogP contribution in [0, 0.1) is 0 Å². The first kappa shape index (κ1) is 13.0. The summed E-state index contributed by atoms with van der Waals surface area (Å²) in [4.78, 5) is 16.8. The molecule has 0 aliphatic rings. The van der Waals surface area contributed by atoms with Crippen LogP contribution in [0.4, 0.5) is 5.69 Å². The van der Waals surface area contributed by atoms with Crippen molar-refractivity contribution in [3.8, 4) is 5.69 Å². The summed E-state index contributed by atoms with van der Waals surface area (Å²) >= 11 is 9.31. The molecule has 5 nitrogen and oxygen atoms in total. The van der Waals surface area contributed by atoms with Gasteiger partial charge < -0.3 is 4.90 Å². The molecule has 2 aromatic rings. The van der Waals surface area contributed by atoms with Gasteiger partial charge in [0.15, 0.2) is 9.76 Å². The van der Waals surface area contributed by atoms with Crippen LogP contribution < -0.4 is 4.90 Å². The Labute approximate surface area is 118 Å². The van der Waals surface area contributed by atoms with E-state index in [4.69, 9.17) is 11.6 Å². The summed E-state index contributed by atoms with van der Waals surface area (Å²) < 4.78 is 2.15. The molecular formula is C11H10BrClN4O. The molecule has 18 heavy (non-hydrogen) atoms. The topological polar surface area (TPSA) is 51.0 Å². The normalized spacial score (nSPS) is 10.4. The van der Waals surface area contributed by atoms with E-state index in [2.05, 4.69) is 26.0 Å². The molecule has 0 aliphatic carbocycles. The van der Waals surface area contributed by atoms with Gasteiger partial charge in [-0.05, 0) is 28.1 Å².